The van der Waals surface area contributed by atoms with Crippen LogP contribution in [0.15, 0.2) is 23.1 Å². The van der Waals surface area contributed by atoms with Crippen molar-refractivity contribution >= 4 is 10.0 Å². The maximum Gasteiger partial charge on any atom is 0.243 e. The number of hydrogen-bond donors (Lipinski definition) is 0. The number of morpholine rings is 1. The van der Waals surface area contributed by atoms with Crippen molar-refractivity contribution in [3.05, 3.63) is 23.8 Å². The molecule has 0 bridgehead atoms. The second-order valence-electron chi connectivity index (χ2n) is 7.34. The number of benzene rings is 1. The fourth-order valence-corrected chi connectivity index (χ4v) is 5.35. The molecule has 0 radical (unpaired) electrons. The van der Waals surface area contributed by atoms with E-state index in [2.05, 4.69) is 18.7 Å². The molecule has 0 aromatic heterocycles. The summed E-state index contributed by atoms with van der Waals surface area (Å²) in [6.45, 7) is 8.74. The van der Waals surface area contributed by atoms with E-state index < -0.39 is 10.0 Å². The van der Waals surface area contributed by atoms with Crippen LogP contribution in [0.2, 0.25) is 0 Å². The van der Waals surface area contributed by atoms with E-state index in [1.54, 1.807) is 23.5 Å². The Kier molecular flexibility index (Phi) is 6.22. The maximum absolute atomic E-state index is 13.1. The Hall–Kier alpha value is -1.15. The Bertz CT molecular complexity index is 706. The zero-order valence-electron chi connectivity index (χ0n) is 16.0. The van der Waals surface area contributed by atoms with E-state index in [-0.39, 0.29) is 5.92 Å². The van der Waals surface area contributed by atoms with Crippen molar-refractivity contribution in [1.82, 2.24) is 9.21 Å². The van der Waals surface area contributed by atoms with Gasteiger partial charge in [-0.1, -0.05) is 19.9 Å². The summed E-state index contributed by atoms with van der Waals surface area (Å²) in [6, 6.07) is 5.71. The van der Waals surface area contributed by atoms with E-state index in [0.29, 0.717) is 29.8 Å². The average Bonchev–Trinajstić information content (AvgIpc) is 2.68. The third-order valence-corrected chi connectivity index (χ3v) is 7.34. The van der Waals surface area contributed by atoms with Gasteiger partial charge in [-0.3, -0.25) is 4.90 Å². The lowest BCUT2D eigenvalue weighted by Gasteiger charge is -2.39. The highest BCUT2D eigenvalue weighted by atomic mass is 32.2. The molecule has 0 aliphatic carbocycles. The SMILES string of the molecule is COc1cc(S(=O)(=O)N2CCC(N3CCOCC3)CC2)ccc1C(C)C. The van der Waals surface area contributed by atoms with Gasteiger partial charge in [0.1, 0.15) is 5.75 Å². The molecule has 3 rings (SSSR count). The lowest BCUT2D eigenvalue weighted by molar-refractivity contribution is 0.00610. The Labute approximate surface area is 157 Å². The molecule has 0 spiro atoms. The Morgan fingerprint density at radius 3 is 2.35 bits per heavy atom. The van der Waals surface area contributed by atoms with E-state index >= 15 is 0 Å². The van der Waals surface area contributed by atoms with Crippen molar-refractivity contribution in [2.75, 3.05) is 46.5 Å². The molecule has 2 aliphatic heterocycles. The fourth-order valence-electron chi connectivity index (χ4n) is 3.87. The molecule has 7 heteroatoms. The first kappa shape index (κ1) is 19.6. The van der Waals surface area contributed by atoms with Crippen LogP contribution in [0.4, 0.5) is 0 Å². The lowest BCUT2D eigenvalue weighted by atomic mass is 10.0. The van der Waals surface area contributed by atoms with Gasteiger partial charge >= 0.3 is 0 Å². The number of ether oxygens (including phenoxy) is 2. The highest BCUT2D eigenvalue weighted by Crippen LogP contribution is 2.31. The molecule has 26 heavy (non-hydrogen) atoms. The Morgan fingerprint density at radius 1 is 1.12 bits per heavy atom. The standard InChI is InChI=1S/C19H30N2O4S/c1-15(2)18-5-4-17(14-19(18)24-3)26(22,23)21-8-6-16(7-9-21)20-10-12-25-13-11-20/h4-5,14-16H,6-13H2,1-3H3. The van der Waals surface area contributed by atoms with Crippen LogP contribution in [0.25, 0.3) is 0 Å². The molecule has 2 saturated heterocycles. The molecule has 0 saturated carbocycles. The van der Waals surface area contributed by atoms with Crippen molar-refractivity contribution in [3.63, 3.8) is 0 Å². The van der Waals surface area contributed by atoms with Gasteiger partial charge in [-0.15, -0.1) is 0 Å². The van der Waals surface area contributed by atoms with Gasteiger partial charge in [-0.05, 0) is 30.4 Å². The van der Waals surface area contributed by atoms with Gasteiger partial charge in [0.25, 0.3) is 0 Å². The molecule has 6 nitrogen and oxygen atoms in total. The highest BCUT2D eigenvalue weighted by Gasteiger charge is 2.32. The topological polar surface area (TPSA) is 59.1 Å². The van der Waals surface area contributed by atoms with Gasteiger partial charge in [-0.2, -0.15) is 4.31 Å². The molecule has 2 fully saturated rings. The van der Waals surface area contributed by atoms with Crippen LogP contribution in [0.3, 0.4) is 0 Å². The Morgan fingerprint density at radius 2 is 1.77 bits per heavy atom. The first-order chi connectivity index (χ1) is 12.4. The molecule has 146 valence electrons. The van der Waals surface area contributed by atoms with Gasteiger partial charge < -0.3 is 9.47 Å². The summed E-state index contributed by atoms with van der Waals surface area (Å²) in [5, 5.41) is 0. The minimum atomic E-state index is -3.48. The minimum absolute atomic E-state index is 0.283. The first-order valence-corrected chi connectivity index (χ1v) is 10.9. The number of rotatable bonds is 5. The van der Waals surface area contributed by atoms with Gasteiger partial charge in [0.15, 0.2) is 0 Å². The zero-order valence-corrected chi connectivity index (χ0v) is 16.8. The highest BCUT2D eigenvalue weighted by molar-refractivity contribution is 7.89. The monoisotopic (exact) mass is 382 g/mol. The number of piperidine rings is 1. The predicted molar refractivity (Wildman–Crippen MR) is 101 cm³/mol. The van der Waals surface area contributed by atoms with Crippen LogP contribution in [0.1, 0.15) is 38.2 Å². The zero-order chi connectivity index (χ0) is 18.7. The minimum Gasteiger partial charge on any atom is -0.496 e. The first-order valence-electron chi connectivity index (χ1n) is 9.43. The van der Waals surface area contributed by atoms with Crippen molar-refractivity contribution in [2.24, 2.45) is 0 Å². The van der Waals surface area contributed by atoms with Gasteiger partial charge in [0.05, 0.1) is 25.2 Å². The third kappa shape index (κ3) is 4.06. The predicted octanol–water partition coefficient (Wildman–Crippen LogP) is 2.30. The van der Waals surface area contributed by atoms with Crippen LogP contribution < -0.4 is 4.74 Å². The summed E-state index contributed by atoms with van der Waals surface area (Å²) >= 11 is 0. The number of methoxy groups -OCH3 is 1. The number of nitrogens with zero attached hydrogens (tertiary/aromatic N) is 2. The van der Waals surface area contributed by atoms with Crippen molar-refractivity contribution in [1.29, 1.82) is 0 Å². The molecule has 2 heterocycles. The molecule has 1 aromatic carbocycles. The van der Waals surface area contributed by atoms with E-state index in [4.69, 9.17) is 9.47 Å². The van der Waals surface area contributed by atoms with Crippen molar-refractivity contribution in [3.8, 4) is 5.75 Å². The van der Waals surface area contributed by atoms with Crippen LogP contribution in [0, 0.1) is 0 Å². The number of sulfonamides is 1. The fraction of sp³-hybridized carbons (Fsp3) is 0.684. The summed E-state index contributed by atoms with van der Waals surface area (Å²) in [5.74, 6) is 0.926. The quantitative estimate of drug-likeness (QED) is 0.782. The molecule has 0 amide bonds. The lowest BCUT2D eigenvalue weighted by Crippen LogP contribution is -2.50. The Balaban J connectivity index is 1.71. The second-order valence-corrected chi connectivity index (χ2v) is 9.28. The van der Waals surface area contributed by atoms with E-state index in [9.17, 15) is 8.42 Å². The van der Waals surface area contributed by atoms with E-state index in [0.717, 1.165) is 44.7 Å². The van der Waals surface area contributed by atoms with E-state index in [1.807, 2.05) is 6.07 Å². The van der Waals surface area contributed by atoms with Crippen LogP contribution >= 0.6 is 0 Å². The normalized spacial score (nSPS) is 21.2. The third-order valence-electron chi connectivity index (χ3n) is 5.45. The molecule has 0 N–H and O–H groups in total. The van der Waals surface area contributed by atoms with Crippen LogP contribution in [-0.4, -0.2) is 70.2 Å². The van der Waals surface area contributed by atoms with Crippen molar-refractivity contribution < 1.29 is 17.9 Å². The summed E-state index contributed by atoms with van der Waals surface area (Å²) in [4.78, 5) is 2.76. The van der Waals surface area contributed by atoms with Gasteiger partial charge in [-0.25, -0.2) is 8.42 Å². The molecule has 2 aliphatic rings. The summed E-state index contributed by atoms with van der Waals surface area (Å²) < 4.78 is 38.6. The second kappa shape index (κ2) is 8.25. The van der Waals surface area contributed by atoms with Crippen LogP contribution in [0.5, 0.6) is 5.75 Å². The summed E-state index contributed by atoms with van der Waals surface area (Å²) in [6.07, 6.45) is 1.75. The molecule has 1 aromatic rings. The van der Waals surface area contributed by atoms with Gasteiger partial charge in [0, 0.05) is 38.3 Å². The van der Waals surface area contributed by atoms with Gasteiger partial charge in [0.2, 0.25) is 10.0 Å². The summed E-state index contributed by atoms with van der Waals surface area (Å²) in [7, 11) is -1.89. The molecule has 0 atom stereocenters. The molecular formula is C19H30N2O4S. The maximum atomic E-state index is 13.1. The smallest absolute Gasteiger partial charge is 0.243 e. The summed E-state index contributed by atoms with van der Waals surface area (Å²) in [5.41, 5.74) is 1.03. The van der Waals surface area contributed by atoms with Crippen LogP contribution in [-0.2, 0) is 14.8 Å². The average molecular weight is 383 g/mol. The molecular weight excluding hydrogens is 352 g/mol. The largest absolute Gasteiger partial charge is 0.496 e. The molecule has 0 unspecified atom stereocenters. The number of hydrogen-bond acceptors (Lipinski definition) is 5. The van der Waals surface area contributed by atoms with Crippen molar-refractivity contribution in [2.45, 2.75) is 43.5 Å². The van der Waals surface area contributed by atoms with E-state index in [1.165, 1.54) is 0 Å².